The molecule has 0 aromatic carbocycles. The van der Waals surface area contributed by atoms with Crippen LogP contribution in [0.2, 0.25) is 0 Å². The number of nitrogens with zero attached hydrogens (tertiary/aromatic N) is 2. The van der Waals surface area contributed by atoms with E-state index in [4.69, 9.17) is 10.9 Å². The molecule has 1 rings (SSSR count). The lowest BCUT2D eigenvalue weighted by molar-refractivity contribution is 0.176. The second-order valence-corrected chi connectivity index (χ2v) is 5.47. The molecule has 0 bridgehead atoms. The summed E-state index contributed by atoms with van der Waals surface area (Å²) in [4.78, 5) is 10.9. The number of carbonyl (C=O) groups excluding carboxylic acids is 1. The Hall–Kier alpha value is -1.55. The lowest BCUT2D eigenvalue weighted by Crippen LogP contribution is -2.48. The minimum Gasteiger partial charge on any atom is -0.452 e. The predicted octanol–water partition coefficient (Wildman–Crippen LogP) is -0.954. The van der Waals surface area contributed by atoms with Crippen LogP contribution in [0.3, 0.4) is 0 Å². The van der Waals surface area contributed by atoms with Gasteiger partial charge in [-0.1, -0.05) is 5.16 Å². The van der Waals surface area contributed by atoms with E-state index >= 15 is 0 Å². The Balaban J connectivity index is 2.60. The molecule has 0 aliphatic carbocycles. The lowest BCUT2D eigenvalue weighted by atomic mass is 9.97. The van der Waals surface area contributed by atoms with Crippen molar-refractivity contribution in [3.63, 3.8) is 0 Å². The third-order valence-corrected chi connectivity index (χ3v) is 4.19. The van der Waals surface area contributed by atoms with Crippen LogP contribution in [0.25, 0.3) is 0 Å². The minimum atomic E-state index is -3.88. The third kappa shape index (κ3) is 3.47. The Morgan fingerprint density at radius 1 is 1.50 bits per heavy atom. The summed E-state index contributed by atoms with van der Waals surface area (Å²) in [6.45, 7) is 0.375. The van der Waals surface area contributed by atoms with Crippen LogP contribution in [0.1, 0.15) is 12.8 Å². The first-order chi connectivity index (χ1) is 8.40. The Labute approximate surface area is 105 Å². The molecule has 10 heteroatoms. The zero-order valence-electron chi connectivity index (χ0n) is 9.87. The summed E-state index contributed by atoms with van der Waals surface area (Å²) in [5.41, 5.74) is 5.45. The smallest absolute Gasteiger partial charge is 0.421 e. The van der Waals surface area contributed by atoms with Gasteiger partial charge in [0.05, 0.1) is 7.11 Å². The molecule has 9 nitrogen and oxygen atoms in total. The molecule has 1 aliphatic heterocycles. The molecule has 0 saturated carbocycles. The number of nitrogens with one attached hydrogen (secondary N) is 1. The molecule has 1 aliphatic rings. The number of amidine groups is 1. The molecule has 104 valence electrons. The van der Waals surface area contributed by atoms with Gasteiger partial charge in [0, 0.05) is 19.0 Å². The van der Waals surface area contributed by atoms with Crippen molar-refractivity contribution in [2.45, 2.75) is 12.8 Å². The van der Waals surface area contributed by atoms with E-state index in [2.05, 4.69) is 9.89 Å². The van der Waals surface area contributed by atoms with Crippen LogP contribution < -0.4 is 10.5 Å². The van der Waals surface area contributed by atoms with Crippen LogP contribution in [0.15, 0.2) is 5.16 Å². The molecular formula is C8H16N4O5S. The maximum absolute atomic E-state index is 11.7. The van der Waals surface area contributed by atoms with Crippen LogP contribution in [0, 0.1) is 5.92 Å². The highest BCUT2D eigenvalue weighted by Crippen LogP contribution is 2.19. The monoisotopic (exact) mass is 280 g/mol. The van der Waals surface area contributed by atoms with Crippen LogP contribution in [0.4, 0.5) is 4.79 Å². The van der Waals surface area contributed by atoms with E-state index in [1.165, 1.54) is 0 Å². The first kappa shape index (κ1) is 14.5. The highest BCUT2D eigenvalue weighted by Gasteiger charge is 2.30. The summed E-state index contributed by atoms with van der Waals surface area (Å²) < 4.78 is 30.5. The van der Waals surface area contributed by atoms with Gasteiger partial charge in [-0.15, -0.1) is 0 Å². The predicted molar refractivity (Wildman–Crippen MR) is 62.2 cm³/mol. The van der Waals surface area contributed by atoms with E-state index in [0.29, 0.717) is 12.8 Å². The Morgan fingerprint density at radius 3 is 2.50 bits per heavy atom. The van der Waals surface area contributed by atoms with Gasteiger partial charge >= 0.3 is 16.3 Å². The lowest BCUT2D eigenvalue weighted by Gasteiger charge is -2.29. The zero-order valence-corrected chi connectivity index (χ0v) is 10.7. The van der Waals surface area contributed by atoms with Crippen molar-refractivity contribution in [3.05, 3.63) is 0 Å². The van der Waals surface area contributed by atoms with Gasteiger partial charge in [0.25, 0.3) is 0 Å². The van der Waals surface area contributed by atoms with Gasteiger partial charge < -0.3 is 15.7 Å². The van der Waals surface area contributed by atoms with E-state index in [0.717, 1.165) is 11.4 Å². The average molecular weight is 280 g/mol. The molecule has 18 heavy (non-hydrogen) atoms. The van der Waals surface area contributed by atoms with Crippen molar-refractivity contribution in [1.82, 2.24) is 9.03 Å². The average Bonchev–Trinajstić information content (AvgIpc) is 2.37. The number of piperidine rings is 1. The number of methoxy groups -OCH3 is 1. The van der Waals surface area contributed by atoms with Crippen LogP contribution >= 0.6 is 0 Å². The van der Waals surface area contributed by atoms with E-state index in [9.17, 15) is 13.2 Å². The third-order valence-electron chi connectivity index (χ3n) is 2.73. The van der Waals surface area contributed by atoms with Crippen molar-refractivity contribution < 1.29 is 23.2 Å². The maximum atomic E-state index is 11.7. The fraction of sp³-hybridized carbons (Fsp3) is 0.750. The van der Waals surface area contributed by atoms with Gasteiger partial charge in [-0.25, -0.2) is 9.52 Å². The van der Waals surface area contributed by atoms with Gasteiger partial charge in [0.15, 0.2) is 0 Å². The van der Waals surface area contributed by atoms with Crippen molar-refractivity contribution >= 4 is 22.1 Å². The number of hydrogen-bond donors (Lipinski definition) is 3. The van der Waals surface area contributed by atoms with Gasteiger partial charge in [-0.05, 0) is 12.8 Å². The molecule has 4 N–H and O–H groups in total. The summed E-state index contributed by atoms with van der Waals surface area (Å²) in [6, 6.07) is 0. The van der Waals surface area contributed by atoms with Gasteiger partial charge in [-0.3, -0.25) is 0 Å². The van der Waals surface area contributed by atoms with Crippen LogP contribution in [-0.4, -0.2) is 50.1 Å². The Bertz CT molecular complexity index is 427. The maximum Gasteiger partial charge on any atom is 0.421 e. The second kappa shape index (κ2) is 5.87. The zero-order chi connectivity index (χ0) is 13.8. The number of oxime groups is 1. The topological polar surface area (TPSA) is 134 Å². The molecule has 1 saturated heterocycles. The highest BCUT2D eigenvalue weighted by molar-refractivity contribution is 7.87. The van der Waals surface area contributed by atoms with E-state index < -0.39 is 16.3 Å². The number of rotatable bonds is 3. The molecule has 1 amide bonds. The molecule has 1 fully saturated rings. The van der Waals surface area contributed by atoms with Gasteiger partial charge in [-0.2, -0.15) is 12.7 Å². The molecule has 0 radical (unpaired) electrons. The first-order valence-corrected chi connectivity index (χ1v) is 6.68. The Morgan fingerprint density at radius 2 is 2.06 bits per heavy atom. The number of nitrogens with two attached hydrogens (primary N) is 1. The van der Waals surface area contributed by atoms with Crippen molar-refractivity contribution in [2.75, 3.05) is 20.2 Å². The highest BCUT2D eigenvalue weighted by atomic mass is 32.2. The number of ether oxygens (including phenoxy) is 1. The SMILES string of the molecule is COC(=O)NS(=O)(=O)N1CCC(C(N)=NO)CC1. The number of hydrogen-bond acceptors (Lipinski definition) is 6. The van der Waals surface area contributed by atoms with Gasteiger partial charge in [0.2, 0.25) is 0 Å². The molecule has 0 aromatic rings. The summed E-state index contributed by atoms with van der Waals surface area (Å²) in [5.74, 6) is -0.0625. The van der Waals surface area contributed by atoms with Gasteiger partial charge in [0.1, 0.15) is 5.84 Å². The van der Waals surface area contributed by atoms with Crippen LogP contribution in [0.5, 0.6) is 0 Å². The van der Waals surface area contributed by atoms with Crippen molar-refractivity contribution in [3.8, 4) is 0 Å². The first-order valence-electron chi connectivity index (χ1n) is 5.24. The number of carbonyl (C=O) groups is 1. The molecule has 1 heterocycles. The largest absolute Gasteiger partial charge is 0.452 e. The minimum absolute atomic E-state index is 0.0907. The molecular weight excluding hydrogens is 264 g/mol. The summed E-state index contributed by atoms with van der Waals surface area (Å²) in [5, 5.41) is 11.4. The summed E-state index contributed by atoms with van der Waals surface area (Å²) in [7, 11) is -2.81. The molecule has 0 unspecified atom stereocenters. The quantitative estimate of drug-likeness (QED) is 0.264. The standard InChI is InChI=1S/C8H16N4O5S/c1-17-8(13)11-18(15,16)12-4-2-6(3-5-12)7(9)10-14/h6,14H,2-5H2,1H3,(H2,9,10)(H,11,13). The fourth-order valence-corrected chi connectivity index (χ4v) is 2.80. The van der Waals surface area contributed by atoms with Crippen LogP contribution in [-0.2, 0) is 14.9 Å². The number of amides is 1. The Kier molecular flexibility index (Phi) is 4.73. The molecule has 0 spiro atoms. The molecule has 0 aromatic heterocycles. The molecule has 0 atom stereocenters. The van der Waals surface area contributed by atoms with Crippen molar-refractivity contribution in [2.24, 2.45) is 16.8 Å². The van der Waals surface area contributed by atoms with E-state index in [1.54, 1.807) is 4.72 Å². The normalized spacial score (nSPS) is 19.5. The van der Waals surface area contributed by atoms with E-state index in [-0.39, 0.29) is 24.8 Å². The second-order valence-electron chi connectivity index (χ2n) is 3.80. The summed E-state index contributed by atoms with van der Waals surface area (Å²) >= 11 is 0. The summed E-state index contributed by atoms with van der Waals surface area (Å²) in [6.07, 6.45) is -0.177. The fourth-order valence-electron chi connectivity index (χ4n) is 1.69. The van der Waals surface area contributed by atoms with E-state index in [1.807, 2.05) is 0 Å². The van der Waals surface area contributed by atoms with Crippen molar-refractivity contribution in [1.29, 1.82) is 0 Å².